The Kier molecular flexibility index (Phi) is 3.57. The van der Waals surface area contributed by atoms with Gasteiger partial charge in [0.2, 0.25) is 5.89 Å². The maximum Gasteiger partial charge on any atom is 0.223 e. The third-order valence-corrected chi connectivity index (χ3v) is 3.87. The minimum absolute atomic E-state index is 0.299. The van der Waals surface area contributed by atoms with Gasteiger partial charge < -0.3 is 4.52 Å². The molecular weight excluding hydrogens is 250 g/mol. The van der Waals surface area contributed by atoms with Gasteiger partial charge in [0.05, 0.1) is 6.04 Å². The maximum absolute atomic E-state index is 5.13. The van der Waals surface area contributed by atoms with Crippen LogP contribution in [0.15, 0.2) is 22.7 Å². The summed E-state index contributed by atoms with van der Waals surface area (Å²) in [5.41, 5.74) is 4.02. The van der Waals surface area contributed by atoms with Gasteiger partial charge in [-0.2, -0.15) is 4.98 Å². The zero-order chi connectivity index (χ0) is 14.1. The second kappa shape index (κ2) is 5.37. The summed E-state index contributed by atoms with van der Waals surface area (Å²) in [6.45, 7) is 8.22. The van der Waals surface area contributed by atoms with Crippen molar-refractivity contribution in [2.75, 3.05) is 6.54 Å². The second-order valence-electron chi connectivity index (χ2n) is 5.80. The molecule has 4 heteroatoms. The molecule has 106 valence electrons. The van der Waals surface area contributed by atoms with E-state index in [4.69, 9.17) is 4.52 Å². The lowest BCUT2D eigenvalue weighted by Gasteiger charge is -2.22. The predicted octanol–water partition coefficient (Wildman–Crippen LogP) is 3.33. The van der Waals surface area contributed by atoms with E-state index in [-0.39, 0.29) is 0 Å². The van der Waals surface area contributed by atoms with Crippen LogP contribution in [-0.2, 0) is 6.54 Å². The van der Waals surface area contributed by atoms with Gasteiger partial charge in [0, 0.05) is 13.5 Å². The lowest BCUT2D eigenvalue weighted by Crippen LogP contribution is -2.23. The van der Waals surface area contributed by atoms with Crippen LogP contribution in [0.25, 0.3) is 0 Å². The zero-order valence-corrected chi connectivity index (χ0v) is 12.4. The summed E-state index contributed by atoms with van der Waals surface area (Å²) in [6.07, 6.45) is 2.31. The molecule has 20 heavy (non-hydrogen) atoms. The molecule has 3 rings (SSSR count). The fourth-order valence-electron chi connectivity index (χ4n) is 3.15. The van der Waals surface area contributed by atoms with Gasteiger partial charge in [0.1, 0.15) is 0 Å². The molecule has 0 amide bonds. The highest BCUT2D eigenvalue weighted by atomic mass is 16.5. The third-order valence-electron chi connectivity index (χ3n) is 3.87. The molecule has 2 aromatic rings. The number of likely N-dealkylation sites (tertiary alicyclic amines) is 1. The number of benzene rings is 1. The van der Waals surface area contributed by atoms with Gasteiger partial charge in [-0.05, 0) is 38.8 Å². The van der Waals surface area contributed by atoms with Crippen LogP contribution in [0.3, 0.4) is 0 Å². The molecule has 1 unspecified atom stereocenters. The standard InChI is InChI=1S/C16H21N3O/c1-11-7-12(2)9-14(8-11)10-19-6-4-5-15(19)16-17-13(3)20-18-16/h7-9,15H,4-6,10H2,1-3H3. The van der Waals surface area contributed by atoms with Crippen molar-refractivity contribution in [3.63, 3.8) is 0 Å². The van der Waals surface area contributed by atoms with E-state index in [0.29, 0.717) is 11.9 Å². The van der Waals surface area contributed by atoms with Crippen LogP contribution in [0, 0.1) is 20.8 Å². The van der Waals surface area contributed by atoms with Crippen molar-refractivity contribution in [3.8, 4) is 0 Å². The van der Waals surface area contributed by atoms with Gasteiger partial charge in [-0.1, -0.05) is 34.5 Å². The molecule has 1 saturated heterocycles. The van der Waals surface area contributed by atoms with Gasteiger partial charge in [0.15, 0.2) is 5.82 Å². The molecule has 0 aliphatic carbocycles. The van der Waals surface area contributed by atoms with Crippen LogP contribution < -0.4 is 0 Å². The van der Waals surface area contributed by atoms with E-state index in [1.54, 1.807) is 0 Å². The Hall–Kier alpha value is -1.68. The Morgan fingerprint density at radius 1 is 1.20 bits per heavy atom. The SMILES string of the molecule is Cc1cc(C)cc(CN2CCCC2c2noc(C)n2)c1. The number of hydrogen-bond donors (Lipinski definition) is 0. The predicted molar refractivity (Wildman–Crippen MR) is 77.3 cm³/mol. The van der Waals surface area contributed by atoms with Gasteiger partial charge in [-0.15, -0.1) is 0 Å². The van der Waals surface area contributed by atoms with Crippen molar-refractivity contribution in [3.05, 3.63) is 46.6 Å². The number of aryl methyl sites for hydroxylation is 3. The average molecular weight is 271 g/mol. The summed E-state index contributed by atoms with van der Waals surface area (Å²) < 4.78 is 5.13. The molecule has 1 aliphatic heterocycles. The molecule has 0 radical (unpaired) electrons. The van der Waals surface area contributed by atoms with Gasteiger partial charge >= 0.3 is 0 Å². The van der Waals surface area contributed by atoms with Gasteiger partial charge in [0.25, 0.3) is 0 Å². The lowest BCUT2D eigenvalue weighted by atomic mass is 10.1. The number of nitrogens with zero attached hydrogens (tertiary/aromatic N) is 3. The van der Waals surface area contributed by atoms with E-state index in [2.05, 4.69) is 47.1 Å². The van der Waals surface area contributed by atoms with Crippen molar-refractivity contribution >= 4 is 0 Å². The topological polar surface area (TPSA) is 42.2 Å². The van der Waals surface area contributed by atoms with Crippen LogP contribution in [0.4, 0.5) is 0 Å². The fourth-order valence-corrected chi connectivity index (χ4v) is 3.15. The maximum atomic E-state index is 5.13. The first-order chi connectivity index (χ1) is 9.61. The molecule has 1 atom stereocenters. The third kappa shape index (κ3) is 2.75. The lowest BCUT2D eigenvalue weighted by molar-refractivity contribution is 0.234. The fraction of sp³-hybridized carbons (Fsp3) is 0.500. The van der Waals surface area contributed by atoms with E-state index in [9.17, 15) is 0 Å². The highest BCUT2D eigenvalue weighted by molar-refractivity contribution is 5.28. The summed E-state index contributed by atoms with van der Waals surface area (Å²) in [4.78, 5) is 6.86. The summed E-state index contributed by atoms with van der Waals surface area (Å²) in [5.74, 6) is 1.49. The van der Waals surface area contributed by atoms with E-state index >= 15 is 0 Å². The van der Waals surface area contributed by atoms with Crippen LogP contribution in [-0.4, -0.2) is 21.6 Å². The molecular formula is C16H21N3O. The Morgan fingerprint density at radius 3 is 2.60 bits per heavy atom. The van der Waals surface area contributed by atoms with E-state index in [0.717, 1.165) is 25.3 Å². The molecule has 0 N–H and O–H groups in total. The Balaban J connectivity index is 1.79. The van der Waals surface area contributed by atoms with E-state index < -0.39 is 0 Å². The zero-order valence-electron chi connectivity index (χ0n) is 12.4. The smallest absolute Gasteiger partial charge is 0.223 e. The van der Waals surface area contributed by atoms with Crippen molar-refractivity contribution in [2.24, 2.45) is 0 Å². The minimum Gasteiger partial charge on any atom is -0.340 e. The summed E-state index contributed by atoms with van der Waals surface area (Å²) in [7, 11) is 0. The Bertz CT molecular complexity index is 585. The summed E-state index contributed by atoms with van der Waals surface area (Å²) >= 11 is 0. The second-order valence-corrected chi connectivity index (χ2v) is 5.80. The van der Waals surface area contributed by atoms with Crippen LogP contribution >= 0.6 is 0 Å². The monoisotopic (exact) mass is 271 g/mol. The molecule has 4 nitrogen and oxygen atoms in total. The normalized spacial score (nSPS) is 19.6. The minimum atomic E-state index is 0.299. The Morgan fingerprint density at radius 2 is 1.95 bits per heavy atom. The van der Waals surface area contributed by atoms with Crippen molar-refractivity contribution in [1.82, 2.24) is 15.0 Å². The molecule has 1 fully saturated rings. The number of rotatable bonds is 3. The first-order valence-corrected chi connectivity index (χ1v) is 7.23. The molecule has 0 spiro atoms. The highest BCUT2D eigenvalue weighted by Crippen LogP contribution is 2.31. The molecule has 1 aliphatic rings. The molecule has 1 aromatic heterocycles. The average Bonchev–Trinajstić information content (AvgIpc) is 2.96. The van der Waals surface area contributed by atoms with Crippen molar-refractivity contribution in [1.29, 1.82) is 0 Å². The molecule has 0 bridgehead atoms. The first kappa shape index (κ1) is 13.3. The van der Waals surface area contributed by atoms with Crippen LogP contribution in [0.2, 0.25) is 0 Å². The van der Waals surface area contributed by atoms with Crippen molar-refractivity contribution < 1.29 is 4.52 Å². The summed E-state index contributed by atoms with van der Waals surface area (Å²) in [5, 5.41) is 4.10. The molecule has 2 heterocycles. The van der Waals surface area contributed by atoms with E-state index in [1.165, 1.54) is 23.1 Å². The van der Waals surface area contributed by atoms with E-state index in [1.807, 2.05) is 6.92 Å². The quantitative estimate of drug-likeness (QED) is 0.858. The number of hydrogen-bond acceptors (Lipinski definition) is 4. The molecule has 0 saturated carbocycles. The largest absolute Gasteiger partial charge is 0.340 e. The first-order valence-electron chi connectivity index (χ1n) is 7.23. The molecule has 1 aromatic carbocycles. The Labute approximate surface area is 119 Å². The van der Waals surface area contributed by atoms with Crippen LogP contribution in [0.5, 0.6) is 0 Å². The van der Waals surface area contributed by atoms with Crippen molar-refractivity contribution in [2.45, 2.75) is 46.2 Å². The highest BCUT2D eigenvalue weighted by Gasteiger charge is 2.29. The summed E-state index contributed by atoms with van der Waals surface area (Å²) in [6, 6.07) is 7.05. The van der Waals surface area contributed by atoms with Crippen LogP contribution in [0.1, 0.15) is 47.3 Å². The number of aromatic nitrogens is 2. The van der Waals surface area contributed by atoms with Gasteiger partial charge in [-0.25, -0.2) is 0 Å². The van der Waals surface area contributed by atoms with Gasteiger partial charge in [-0.3, -0.25) is 4.90 Å².